The molecule has 27 heavy (non-hydrogen) atoms. The van der Waals surface area contributed by atoms with Gasteiger partial charge in [-0.3, -0.25) is 4.98 Å². The van der Waals surface area contributed by atoms with Crippen molar-refractivity contribution in [2.45, 2.75) is 6.10 Å². The van der Waals surface area contributed by atoms with Crippen LogP contribution in [0.2, 0.25) is 5.02 Å². The molecule has 1 heterocycles. The van der Waals surface area contributed by atoms with E-state index in [9.17, 15) is 4.79 Å². The van der Waals surface area contributed by atoms with E-state index in [1.54, 1.807) is 30.5 Å². The maximum Gasteiger partial charge on any atom is 0.339 e. The average molecular weight is 374 g/mol. The third-order valence-corrected chi connectivity index (χ3v) is 4.61. The number of nitrogens with zero attached hydrogens (tertiary/aromatic N) is 1. The number of esters is 1. The number of carbonyl (C=O) groups is 1. The van der Waals surface area contributed by atoms with Crippen molar-refractivity contribution in [2.75, 3.05) is 0 Å². The molecule has 0 amide bonds. The fourth-order valence-corrected chi connectivity index (χ4v) is 3.15. The first kappa shape index (κ1) is 17.3. The number of carbonyl (C=O) groups excluding carboxylic acids is 1. The molecule has 0 aliphatic carbocycles. The van der Waals surface area contributed by atoms with Gasteiger partial charge in [0.25, 0.3) is 0 Å². The number of hydrogen-bond donors (Lipinski definition) is 0. The zero-order valence-electron chi connectivity index (χ0n) is 14.4. The number of fused-ring (bicyclic) bond motifs is 1. The van der Waals surface area contributed by atoms with Gasteiger partial charge in [0, 0.05) is 16.6 Å². The van der Waals surface area contributed by atoms with Crippen LogP contribution < -0.4 is 0 Å². The monoisotopic (exact) mass is 373 g/mol. The molecular formula is C23H16ClNO2. The highest BCUT2D eigenvalue weighted by Gasteiger charge is 2.23. The maximum atomic E-state index is 12.7. The molecule has 1 aromatic heterocycles. The summed E-state index contributed by atoms with van der Waals surface area (Å²) >= 11 is 6.04. The number of ether oxygens (including phenoxy) is 1. The Balaban J connectivity index is 1.80. The molecule has 0 fully saturated rings. The predicted molar refractivity (Wildman–Crippen MR) is 107 cm³/mol. The van der Waals surface area contributed by atoms with Crippen LogP contribution in [0, 0.1) is 0 Å². The van der Waals surface area contributed by atoms with Crippen molar-refractivity contribution in [1.29, 1.82) is 0 Å². The highest BCUT2D eigenvalue weighted by Crippen LogP contribution is 2.31. The van der Waals surface area contributed by atoms with Gasteiger partial charge in [-0.1, -0.05) is 66.2 Å². The van der Waals surface area contributed by atoms with E-state index in [-0.39, 0.29) is 0 Å². The van der Waals surface area contributed by atoms with E-state index in [1.165, 1.54) is 0 Å². The van der Waals surface area contributed by atoms with E-state index in [1.807, 2.05) is 60.7 Å². The standard InChI is InChI=1S/C23H16ClNO2/c24-19-12-10-17(11-13-19)22(27-23(26)18-7-2-1-3-8-18)21-20-9-5-4-6-16(20)14-15-25-21/h1-15,22H/t22-/m0/s1. The fourth-order valence-electron chi connectivity index (χ4n) is 3.02. The number of halogens is 1. The lowest BCUT2D eigenvalue weighted by Gasteiger charge is -2.20. The van der Waals surface area contributed by atoms with Crippen molar-refractivity contribution in [1.82, 2.24) is 4.98 Å². The van der Waals surface area contributed by atoms with Crippen molar-refractivity contribution in [2.24, 2.45) is 0 Å². The zero-order valence-corrected chi connectivity index (χ0v) is 15.1. The second-order valence-electron chi connectivity index (χ2n) is 6.12. The van der Waals surface area contributed by atoms with E-state index in [0.29, 0.717) is 16.3 Å². The van der Waals surface area contributed by atoms with E-state index >= 15 is 0 Å². The van der Waals surface area contributed by atoms with Gasteiger partial charge in [-0.25, -0.2) is 4.79 Å². The molecule has 0 N–H and O–H groups in total. The smallest absolute Gasteiger partial charge is 0.339 e. The van der Waals surface area contributed by atoms with Crippen molar-refractivity contribution < 1.29 is 9.53 Å². The Morgan fingerprint density at radius 3 is 2.33 bits per heavy atom. The van der Waals surface area contributed by atoms with Crippen molar-refractivity contribution in [3.8, 4) is 0 Å². The van der Waals surface area contributed by atoms with Crippen LogP contribution in [0.25, 0.3) is 10.8 Å². The number of hydrogen-bond acceptors (Lipinski definition) is 3. The van der Waals surface area contributed by atoms with Gasteiger partial charge >= 0.3 is 5.97 Å². The highest BCUT2D eigenvalue weighted by atomic mass is 35.5. The van der Waals surface area contributed by atoms with Crippen LogP contribution in [0.5, 0.6) is 0 Å². The zero-order chi connectivity index (χ0) is 18.6. The summed E-state index contributed by atoms with van der Waals surface area (Å²) in [6, 6.07) is 26.1. The summed E-state index contributed by atoms with van der Waals surface area (Å²) in [6.07, 6.45) is 1.10. The van der Waals surface area contributed by atoms with E-state index in [2.05, 4.69) is 4.98 Å². The van der Waals surface area contributed by atoms with Crippen LogP contribution in [0.3, 0.4) is 0 Å². The molecule has 4 aromatic rings. The fraction of sp³-hybridized carbons (Fsp3) is 0.0435. The van der Waals surface area contributed by atoms with Crippen LogP contribution in [0.1, 0.15) is 27.7 Å². The first-order valence-corrected chi connectivity index (χ1v) is 8.95. The Morgan fingerprint density at radius 1 is 0.852 bits per heavy atom. The molecule has 132 valence electrons. The topological polar surface area (TPSA) is 39.2 Å². The SMILES string of the molecule is O=C(O[C@@H](c1ccc(Cl)cc1)c1nccc2ccccc12)c1ccccc1. The van der Waals surface area contributed by atoms with Gasteiger partial charge in [-0.05, 0) is 41.3 Å². The molecule has 3 aromatic carbocycles. The largest absolute Gasteiger partial charge is 0.447 e. The highest BCUT2D eigenvalue weighted by molar-refractivity contribution is 6.30. The summed E-state index contributed by atoms with van der Waals surface area (Å²) < 4.78 is 5.91. The second kappa shape index (κ2) is 7.60. The van der Waals surface area contributed by atoms with Crippen molar-refractivity contribution in [3.05, 3.63) is 113 Å². The van der Waals surface area contributed by atoms with Crippen molar-refractivity contribution in [3.63, 3.8) is 0 Å². The van der Waals surface area contributed by atoms with Crippen LogP contribution in [0.15, 0.2) is 91.1 Å². The van der Waals surface area contributed by atoms with Crippen LogP contribution in [-0.2, 0) is 4.74 Å². The van der Waals surface area contributed by atoms with E-state index < -0.39 is 12.1 Å². The molecule has 1 atom stereocenters. The molecule has 0 saturated carbocycles. The van der Waals surface area contributed by atoms with Crippen LogP contribution >= 0.6 is 11.6 Å². The molecule has 0 saturated heterocycles. The third kappa shape index (κ3) is 3.69. The van der Waals surface area contributed by atoms with Gasteiger partial charge in [-0.15, -0.1) is 0 Å². The Bertz CT molecular complexity index is 1070. The minimum Gasteiger partial charge on any atom is -0.447 e. The number of rotatable bonds is 4. The summed E-state index contributed by atoms with van der Waals surface area (Å²) in [5, 5.41) is 2.61. The summed E-state index contributed by atoms with van der Waals surface area (Å²) in [4.78, 5) is 17.3. The number of benzene rings is 3. The quantitative estimate of drug-likeness (QED) is 0.422. The lowest BCUT2D eigenvalue weighted by molar-refractivity contribution is 0.0373. The lowest BCUT2D eigenvalue weighted by Crippen LogP contribution is -2.14. The Kier molecular flexibility index (Phi) is 4.86. The maximum absolute atomic E-state index is 12.7. The number of aromatic nitrogens is 1. The summed E-state index contributed by atoms with van der Waals surface area (Å²) in [7, 11) is 0. The predicted octanol–water partition coefficient (Wildman–Crippen LogP) is 5.83. The Morgan fingerprint density at radius 2 is 1.56 bits per heavy atom. The lowest BCUT2D eigenvalue weighted by atomic mass is 10.0. The van der Waals surface area contributed by atoms with Gasteiger partial charge in [0.2, 0.25) is 0 Å². The normalized spacial score (nSPS) is 11.9. The third-order valence-electron chi connectivity index (χ3n) is 4.36. The van der Waals surface area contributed by atoms with Crippen LogP contribution in [-0.4, -0.2) is 11.0 Å². The van der Waals surface area contributed by atoms with E-state index in [0.717, 1.165) is 16.3 Å². The molecule has 0 radical (unpaired) electrons. The Hall–Kier alpha value is -3.17. The summed E-state index contributed by atoms with van der Waals surface area (Å²) in [5.41, 5.74) is 2.00. The number of pyridine rings is 1. The molecule has 3 nitrogen and oxygen atoms in total. The van der Waals surface area contributed by atoms with Gasteiger partial charge in [-0.2, -0.15) is 0 Å². The average Bonchev–Trinajstić information content (AvgIpc) is 2.73. The minimum absolute atomic E-state index is 0.398. The first-order chi connectivity index (χ1) is 13.2. The van der Waals surface area contributed by atoms with Gasteiger partial charge in [0.15, 0.2) is 6.10 Å². The van der Waals surface area contributed by atoms with Crippen molar-refractivity contribution >= 4 is 28.3 Å². The van der Waals surface area contributed by atoms with E-state index in [4.69, 9.17) is 16.3 Å². The first-order valence-electron chi connectivity index (χ1n) is 8.57. The minimum atomic E-state index is -0.638. The van der Waals surface area contributed by atoms with Crippen LogP contribution in [0.4, 0.5) is 0 Å². The summed E-state index contributed by atoms with van der Waals surface area (Å²) in [6.45, 7) is 0. The molecule has 0 bridgehead atoms. The molecule has 0 aliphatic rings. The van der Waals surface area contributed by atoms with Gasteiger partial charge in [0.05, 0.1) is 11.3 Å². The molecule has 4 heteroatoms. The molecular weight excluding hydrogens is 358 g/mol. The van der Waals surface area contributed by atoms with Gasteiger partial charge in [0.1, 0.15) is 0 Å². The molecule has 0 unspecified atom stereocenters. The molecule has 0 spiro atoms. The Labute approximate surface area is 162 Å². The molecule has 4 rings (SSSR count). The summed E-state index contributed by atoms with van der Waals surface area (Å²) in [5.74, 6) is -0.398. The van der Waals surface area contributed by atoms with Gasteiger partial charge < -0.3 is 4.74 Å². The molecule has 0 aliphatic heterocycles. The second-order valence-corrected chi connectivity index (χ2v) is 6.56.